The van der Waals surface area contributed by atoms with E-state index in [-0.39, 0.29) is 12.4 Å². The summed E-state index contributed by atoms with van der Waals surface area (Å²) in [5, 5.41) is 19.2. The monoisotopic (exact) mass is 336 g/mol. The van der Waals surface area contributed by atoms with Gasteiger partial charge in [-0.1, -0.05) is 18.2 Å². The fraction of sp³-hybridized carbons (Fsp3) is 0.267. The molecule has 0 spiro atoms. The van der Waals surface area contributed by atoms with Crippen molar-refractivity contribution in [1.29, 1.82) is 0 Å². The Balaban J connectivity index is 2.11. The van der Waals surface area contributed by atoms with Gasteiger partial charge in [0.25, 0.3) is 0 Å². The summed E-state index contributed by atoms with van der Waals surface area (Å²) < 4.78 is 0.681. The number of aromatic hydroxyl groups is 1. The summed E-state index contributed by atoms with van der Waals surface area (Å²) in [6, 6.07) is 9.46. The van der Waals surface area contributed by atoms with Crippen molar-refractivity contribution in [2.24, 2.45) is 0 Å². The largest absolute Gasteiger partial charge is 0.506 e. The molecule has 0 fully saturated rings. The van der Waals surface area contributed by atoms with Crippen molar-refractivity contribution in [2.75, 3.05) is 13.2 Å². The third kappa shape index (κ3) is 4.03. The maximum atomic E-state index is 10.0. The SMILES string of the molecule is OCCN(Cc1cccnc1)Cc1cccc(Br)c1O. The van der Waals surface area contributed by atoms with Gasteiger partial charge in [0.05, 0.1) is 11.1 Å². The quantitative estimate of drug-likeness (QED) is 0.851. The van der Waals surface area contributed by atoms with Crippen LogP contribution in [0.5, 0.6) is 5.75 Å². The van der Waals surface area contributed by atoms with E-state index in [2.05, 4.69) is 25.8 Å². The first kappa shape index (κ1) is 15.0. The number of nitrogens with zero attached hydrogens (tertiary/aromatic N) is 2. The van der Waals surface area contributed by atoms with Crippen LogP contribution in [0, 0.1) is 0 Å². The molecule has 2 aromatic rings. The average Bonchev–Trinajstić information content (AvgIpc) is 2.45. The summed E-state index contributed by atoms with van der Waals surface area (Å²) >= 11 is 3.31. The molecule has 0 saturated heterocycles. The second kappa shape index (κ2) is 7.38. The first-order chi connectivity index (χ1) is 9.70. The normalized spacial score (nSPS) is 10.9. The summed E-state index contributed by atoms with van der Waals surface area (Å²) in [6.07, 6.45) is 3.55. The highest BCUT2D eigenvalue weighted by molar-refractivity contribution is 9.10. The molecule has 5 heteroatoms. The molecule has 4 nitrogen and oxygen atoms in total. The van der Waals surface area contributed by atoms with E-state index in [4.69, 9.17) is 0 Å². The number of aliphatic hydroxyl groups is 1. The third-order valence-electron chi connectivity index (χ3n) is 3.01. The maximum Gasteiger partial charge on any atom is 0.134 e. The van der Waals surface area contributed by atoms with Gasteiger partial charge in [0, 0.05) is 37.6 Å². The topological polar surface area (TPSA) is 56.6 Å². The molecule has 0 aliphatic heterocycles. The van der Waals surface area contributed by atoms with E-state index in [1.807, 2.05) is 30.5 Å². The minimum atomic E-state index is 0.0784. The Bertz CT molecular complexity index is 549. The Labute approximate surface area is 126 Å². The van der Waals surface area contributed by atoms with E-state index in [0.29, 0.717) is 24.1 Å². The molecule has 0 unspecified atom stereocenters. The Morgan fingerprint density at radius 2 is 2.00 bits per heavy atom. The van der Waals surface area contributed by atoms with E-state index in [1.165, 1.54) is 0 Å². The van der Waals surface area contributed by atoms with Crippen LogP contribution in [0.1, 0.15) is 11.1 Å². The maximum absolute atomic E-state index is 10.0. The highest BCUT2D eigenvalue weighted by Crippen LogP contribution is 2.28. The van der Waals surface area contributed by atoms with Crippen LogP contribution in [0.15, 0.2) is 47.2 Å². The fourth-order valence-corrected chi connectivity index (χ4v) is 2.44. The van der Waals surface area contributed by atoms with E-state index >= 15 is 0 Å². The number of phenols is 1. The summed E-state index contributed by atoms with van der Waals surface area (Å²) in [7, 11) is 0. The molecular formula is C15H17BrN2O2. The van der Waals surface area contributed by atoms with Crippen LogP contribution in [0.3, 0.4) is 0 Å². The van der Waals surface area contributed by atoms with Gasteiger partial charge in [-0.25, -0.2) is 0 Å². The van der Waals surface area contributed by atoms with Crippen LogP contribution >= 0.6 is 15.9 Å². The number of benzene rings is 1. The van der Waals surface area contributed by atoms with Gasteiger partial charge < -0.3 is 10.2 Å². The third-order valence-corrected chi connectivity index (χ3v) is 3.65. The Morgan fingerprint density at radius 1 is 1.15 bits per heavy atom. The lowest BCUT2D eigenvalue weighted by molar-refractivity contribution is 0.183. The molecule has 0 atom stereocenters. The summed E-state index contributed by atoms with van der Waals surface area (Å²) in [5.41, 5.74) is 1.91. The zero-order valence-corrected chi connectivity index (χ0v) is 12.6. The molecule has 0 aliphatic carbocycles. The number of rotatable bonds is 6. The zero-order valence-electron chi connectivity index (χ0n) is 11.0. The number of pyridine rings is 1. The molecule has 0 aliphatic rings. The van der Waals surface area contributed by atoms with Gasteiger partial charge in [-0.2, -0.15) is 0 Å². The van der Waals surface area contributed by atoms with E-state index in [9.17, 15) is 10.2 Å². The van der Waals surface area contributed by atoms with Gasteiger partial charge in [0.2, 0.25) is 0 Å². The lowest BCUT2D eigenvalue weighted by Crippen LogP contribution is -2.26. The highest BCUT2D eigenvalue weighted by Gasteiger charge is 2.11. The van der Waals surface area contributed by atoms with Crippen LogP contribution in [0.4, 0.5) is 0 Å². The van der Waals surface area contributed by atoms with Crippen molar-refractivity contribution < 1.29 is 10.2 Å². The molecule has 1 aromatic carbocycles. The Kier molecular flexibility index (Phi) is 5.52. The van der Waals surface area contributed by atoms with Crippen LogP contribution in [-0.2, 0) is 13.1 Å². The van der Waals surface area contributed by atoms with Gasteiger partial charge in [0.1, 0.15) is 5.75 Å². The molecule has 0 bridgehead atoms. The first-order valence-corrected chi connectivity index (χ1v) is 7.18. The van der Waals surface area contributed by atoms with Crippen molar-refractivity contribution in [2.45, 2.75) is 13.1 Å². The summed E-state index contributed by atoms with van der Waals surface area (Å²) in [6.45, 7) is 1.87. The number of halogens is 1. The number of hydrogen-bond donors (Lipinski definition) is 2. The predicted molar refractivity (Wildman–Crippen MR) is 81.2 cm³/mol. The summed E-state index contributed by atoms with van der Waals surface area (Å²) in [4.78, 5) is 6.16. The van der Waals surface area contributed by atoms with Gasteiger partial charge in [-0.05, 0) is 33.6 Å². The molecule has 106 valence electrons. The van der Waals surface area contributed by atoms with Crippen molar-refractivity contribution in [3.63, 3.8) is 0 Å². The number of phenolic OH excluding ortho intramolecular Hbond substituents is 1. The number of para-hydroxylation sites is 1. The minimum absolute atomic E-state index is 0.0784. The van der Waals surface area contributed by atoms with Crippen LogP contribution in [-0.4, -0.2) is 33.2 Å². The summed E-state index contributed by atoms with van der Waals surface area (Å²) in [5.74, 6) is 0.252. The Morgan fingerprint density at radius 3 is 2.70 bits per heavy atom. The van der Waals surface area contributed by atoms with Gasteiger partial charge >= 0.3 is 0 Å². The van der Waals surface area contributed by atoms with Crippen molar-refractivity contribution in [3.05, 3.63) is 58.3 Å². The minimum Gasteiger partial charge on any atom is -0.506 e. The smallest absolute Gasteiger partial charge is 0.134 e. The van der Waals surface area contributed by atoms with Gasteiger partial charge in [0.15, 0.2) is 0 Å². The number of hydrogen-bond acceptors (Lipinski definition) is 4. The number of aliphatic hydroxyl groups excluding tert-OH is 1. The van der Waals surface area contributed by atoms with Crippen LogP contribution in [0.25, 0.3) is 0 Å². The molecule has 2 rings (SSSR count). The predicted octanol–water partition coefficient (Wildman–Crippen LogP) is 2.54. The van der Waals surface area contributed by atoms with E-state index in [1.54, 1.807) is 12.3 Å². The van der Waals surface area contributed by atoms with Crippen molar-refractivity contribution in [1.82, 2.24) is 9.88 Å². The molecule has 0 amide bonds. The van der Waals surface area contributed by atoms with Gasteiger partial charge in [-0.15, -0.1) is 0 Å². The van der Waals surface area contributed by atoms with Crippen molar-refractivity contribution in [3.8, 4) is 5.75 Å². The second-order valence-corrected chi connectivity index (χ2v) is 5.40. The van der Waals surface area contributed by atoms with Crippen LogP contribution in [0.2, 0.25) is 0 Å². The molecule has 2 N–H and O–H groups in total. The fourth-order valence-electron chi connectivity index (χ4n) is 2.03. The molecule has 20 heavy (non-hydrogen) atoms. The zero-order chi connectivity index (χ0) is 14.4. The van der Waals surface area contributed by atoms with Crippen LogP contribution < -0.4 is 0 Å². The second-order valence-electron chi connectivity index (χ2n) is 4.54. The molecule has 1 heterocycles. The standard InChI is InChI=1S/C15H17BrN2O2/c16-14-5-1-4-13(15(14)20)11-18(7-8-19)10-12-3-2-6-17-9-12/h1-6,9,19-20H,7-8,10-11H2. The molecule has 0 saturated carbocycles. The Hall–Kier alpha value is -1.43. The molecule has 1 aromatic heterocycles. The highest BCUT2D eigenvalue weighted by atomic mass is 79.9. The van der Waals surface area contributed by atoms with Crippen molar-refractivity contribution >= 4 is 15.9 Å². The molecular weight excluding hydrogens is 320 g/mol. The number of aromatic nitrogens is 1. The van der Waals surface area contributed by atoms with E-state index in [0.717, 1.165) is 11.1 Å². The average molecular weight is 337 g/mol. The first-order valence-electron chi connectivity index (χ1n) is 6.39. The van der Waals surface area contributed by atoms with E-state index < -0.39 is 0 Å². The lowest BCUT2D eigenvalue weighted by Gasteiger charge is -2.22. The lowest BCUT2D eigenvalue weighted by atomic mass is 10.1. The van der Waals surface area contributed by atoms with Gasteiger partial charge in [-0.3, -0.25) is 9.88 Å². The molecule has 0 radical (unpaired) electrons.